The van der Waals surface area contributed by atoms with E-state index in [0.717, 1.165) is 55.7 Å². The van der Waals surface area contributed by atoms with E-state index in [1.54, 1.807) is 0 Å². The van der Waals surface area contributed by atoms with Gasteiger partial charge in [0.1, 0.15) is 11.6 Å². The van der Waals surface area contributed by atoms with Gasteiger partial charge in [-0.3, -0.25) is 0 Å². The van der Waals surface area contributed by atoms with Crippen molar-refractivity contribution in [2.24, 2.45) is 11.7 Å². The first-order chi connectivity index (χ1) is 8.72. The van der Waals surface area contributed by atoms with E-state index >= 15 is 0 Å². The maximum absolute atomic E-state index is 5.63. The molecular weight excluding hydrogens is 224 g/mol. The fourth-order valence-electron chi connectivity index (χ4n) is 2.62. The molecule has 0 unspecified atom stereocenters. The minimum Gasteiger partial charge on any atom is -0.356 e. The molecule has 0 amide bonds. The van der Waals surface area contributed by atoms with Gasteiger partial charge in [0.15, 0.2) is 0 Å². The van der Waals surface area contributed by atoms with Crippen molar-refractivity contribution in [3.63, 3.8) is 0 Å². The number of anilines is 1. The molecular formula is C14H24N4. The van der Waals surface area contributed by atoms with Crippen LogP contribution in [-0.4, -0.2) is 29.6 Å². The molecule has 0 aliphatic carbocycles. The van der Waals surface area contributed by atoms with Crippen molar-refractivity contribution in [2.75, 3.05) is 24.5 Å². The second-order valence-electron chi connectivity index (χ2n) is 5.15. The lowest BCUT2D eigenvalue weighted by Gasteiger charge is -2.32. The molecule has 0 atom stereocenters. The van der Waals surface area contributed by atoms with Crippen LogP contribution in [0.25, 0.3) is 0 Å². The van der Waals surface area contributed by atoms with E-state index in [-0.39, 0.29) is 0 Å². The van der Waals surface area contributed by atoms with E-state index in [4.69, 9.17) is 5.73 Å². The number of nitrogens with zero attached hydrogens (tertiary/aromatic N) is 3. The van der Waals surface area contributed by atoms with Crippen LogP contribution in [0.1, 0.15) is 37.7 Å². The van der Waals surface area contributed by atoms with E-state index in [1.165, 1.54) is 12.8 Å². The molecule has 100 valence electrons. The van der Waals surface area contributed by atoms with Gasteiger partial charge in [-0.05, 0) is 38.6 Å². The van der Waals surface area contributed by atoms with Crippen LogP contribution in [0, 0.1) is 12.8 Å². The molecule has 0 aromatic carbocycles. The molecule has 0 radical (unpaired) electrons. The Morgan fingerprint density at radius 3 is 2.67 bits per heavy atom. The van der Waals surface area contributed by atoms with Crippen molar-refractivity contribution in [3.8, 4) is 0 Å². The summed E-state index contributed by atoms with van der Waals surface area (Å²) >= 11 is 0. The van der Waals surface area contributed by atoms with Gasteiger partial charge in [0.25, 0.3) is 0 Å². The van der Waals surface area contributed by atoms with Crippen molar-refractivity contribution in [1.29, 1.82) is 0 Å². The Balaban J connectivity index is 2.02. The third-order valence-corrected chi connectivity index (χ3v) is 3.72. The lowest BCUT2D eigenvalue weighted by molar-refractivity contribution is 0.385. The first kappa shape index (κ1) is 13.3. The maximum atomic E-state index is 5.63. The molecule has 2 rings (SSSR count). The molecule has 18 heavy (non-hydrogen) atoms. The van der Waals surface area contributed by atoms with Crippen molar-refractivity contribution < 1.29 is 0 Å². The number of piperidine rings is 1. The van der Waals surface area contributed by atoms with Crippen LogP contribution in [0.4, 0.5) is 5.82 Å². The first-order valence-corrected chi connectivity index (χ1v) is 7.02. The van der Waals surface area contributed by atoms with E-state index in [1.807, 2.05) is 6.92 Å². The Hall–Kier alpha value is -1.16. The predicted molar refractivity (Wildman–Crippen MR) is 74.8 cm³/mol. The van der Waals surface area contributed by atoms with Gasteiger partial charge in [-0.1, -0.05) is 6.92 Å². The molecule has 1 aliphatic rings. The molecule has 2 N–H and O–H groups in total. The normalized spacial score (nSPS) is 17.2. The molecule has 1 saturated heterocycles. The predicted octanol–water partition coefficient (Wildman–Crippen LogP) is 1.91. The van der Waals surface area contributed by atoms with Gasteiger partial charge in [0.05, 0.1) is 0 Å². The summed E-state index contributed by atoms with van der Waals surface area (Å²) in [5, 5.41) is 0. The Morgan fingerprint density at radius 2 is 2.06 bits per heavy atom. The summed E-state index contributed by atoms with van der Waals surface area (Å²) in [6.07, 6.45) is 4.54. The molecule has 4 heteroatoms. The molecule has 2 heterocycles. The van der Waals surface area contributed by atoms with Crippen LogP contribution in [-0.2, 0) is 6.42 Å². The summed E-state index contributed by atoms with van der Waals surface area (Å²) < 4.78 is 0. The number of hydrogen-bond acceptors (Lipinski definition) is 4. The minimum atomic E-state index is 0.805. The van der Waals surface area contributed by atoms with Gasteiger partial charge in [-0.25, -0.2) is 9.97 Å². The Labute approximate surface area is 110 Å². The number of rotatable bonds is 4. The summed E-state index contributed by atoms with van der Waals surface area (Å²) in [5.74, 6) is 2.86. The second kappa shape index (κ2) is 6.14. The molecule has 1 fully saturated rings. The van der Waals surface area contributed by atoms with Crippen molar-refractivity contribution >= 4 is 5.82 Å². The smallest absolute Gasteiger partial charge is 0.132 e. The number of nitrogens with two attached hydrogens (primary N) is 1. The largest absolute Gasteiger partial charge is 0.356 e. The van der Waals surface area contributed by atoms with E-state index in [0.29, 0.717) is 0 Å². The minimum absolute atomic E-state index is 0.805. The summed E-state index contributed by atoms with van der Waals surface area (Å²) in [7, 11) is 0. The standard InChI is InChI=1S/C14H24N4/c1-3-13-16-11(2)10-14(17-13)18-8-5-12(4-7-15)6-9-18/h10,12H,3-9,15H2,1-2H3. The quantitative estimate of drug-likeness (QED) is 0.884. The first-order valence-electron chi connectivity index (χ1n) is 7.02. The zero-order valence-electron chi connectivity index (χ0n) is 11.5. The van der Waals surface area contributed by atoms with Crippen molar-refractivity contribution in [2.45, 2.75) is 39.5 Å². The van der Waals surface area contributed by atoms with E-state index in [2.05, 4.69) is 27.9 Å². The van der Waals surface area contributed by atoms with Gasteiger partial charge in [-0.15, -0.1) is 0 Å². The highest BCUT2D eigenvalue weighted by Crippen LogP contribution is 2.24. The van der Waals surface area contributed by atoms with E-state index < -0.39 is 0 Å². The molecule has 1 aromatic heterocycles. The van der Waals surface area contributed by atoms with Crippen LogP contribution >= 0.6 is 0 Å². The fraction of sp³-hybridized carbons (Fsp3) is 0.714. The average molecular weight is 248 g/mol. The van der Waals surface area contributed by atoms with Crippen molar-refractivity contribution in [3.05, 3.63) is 17.6 Å². The SMILES string of the molecule is CCc1nc(C)cc(N2CCC(CCN)CC2)n1. The molecule has 0 bridgehead atoms. The average Bonchev–Trinajstić information content (AvgIpc) is 2.39. The summed E-state index contributed by atoms with van der Waals surface area (Å²) in [6.45, 7) is 7.17. The lowest BCUT2D eigenvalue weighted by atomic mass is 9.94. The highest BCUT2D eigenvalue weighted by molar-refractivity contribution is 5.40. The van der Waals surface area contributed by atoms with Gasteiger partial charge >= 0.3 is 0 Å². The van der Waals surface area contributed by atoms with Gasteiger partial charge in [-0.2, -0.15) is 0 Å². The second-order valence-corrected chi connectivity index (χ2v) is 5.15. The number of aromatic nitrogens is 2. The Morgan fingerprint density at radius 1 is 1.33 bits per heavy atom. The number of aryl methyl sites for hydroxylation is 2. The Bertz CT molecular complexity index is 383. The van der Waals surface area contributed by atoms with Crippen molar-refractivity contribution in [1.82, 2.24) is 9.97 Å². The van der Waals surface area contributed by atoms with Crippen LogP contribution in [0.3, 0.4) is 0 Å². The lowest BCUT2D eigenvalue weighted by Crippen LogP contribution is -2.35. The Kier molecular flexibility index (Phi) is 4.53. The molecule has 0 spiro atoms. The third kappa shape index (κ3) is 3.19. The zero-order chi connectivity index (χ0) is 13.0. The van der Waals surface area contributed by atoms with E-state index in [9.17, 15) is 0 Å². The molecule has 1 aromatic rings. The summed E-state index contributed by atoms with van der Waals surface area (Å²) in [6, 6.07) is 2.10. The van der Waals surface area contributed by atoms with Crippen LogP contribution in [0.15, 0.2) is 6.07 Å². The summed E-state index contributed by atoms with van der Waals surface area (Å²) in [4.78, 5) is 11.5. The monoisotopic (exact) mass is 248 g/mol. The zero-order valence-corrected chi connectivity index (χ0v) is 11.5. The summed E-state index contributed by atoms with van der Waals surface area (Å²) in [5.41, 5.74) is 6.70. The molecule has 4 nitrogen and oxygen atoms in total. The highest BCUT2D eigenvalue weighted by Gasteiger charge is 2.20. The van der Waals surface area contributed by atoms with Crippen LogP contribution in [0.5, 0.6) is 0 Å². The van der Waals surface area contributed by atoms with Gasteiger partial charge < -0.3 is 10.6 Å². The van der Waals surface area contributed by atoms with Gasteiger partial charge in [0.2, 0.25) is 0 Å². The number of hydrogen-bond donors (Lipinski definition) is 1. The molecule has 0 saturated carbocycles. The highest BCUT2D eigenvalue weighted by atomic mass is 15.2. The van der Waals surface area contributed by atoms with Crippen LogP contribution in [0.2, 0.25) is 0 Å². The van der Waals surface area contributed by atoms with Crippen LogP contribution < -0.4 is 10.6 Å². The topological polar surface area (TPSA) is 55.0 Å². The molecule has 1 aliphatic heterocycles. The third-order valence-electron chi connectivity index (χ3n) is 3.72. The maximum Gasteiger partial charge on any atom is 0.132 e. The fourth-order valence-corrected chi connectivity index (χ4v) is 2.62. The van der Waals surface area contributed by atoms with Gasteiger partial charge in [0, 0.05) is 31.3 Å².